The second-order valence-electron chi connectivity index (χ2n) is 3.68. The maximum atomic E-state index is 5.42. The number of ether oxygens (including phenoxy) is 1. The summed E-state index contributed by atoms with van der Waals surface area (Å²) < 4.78 is 6.32. The molecule has 1 aliphatic heterocycles. The molecule has 1 atom stereocenters. The van der Waals surface area contributed by atoms with Crippen LogP contribution in [0.3, 0.4) is 0 Å². The second-order valence-corrected chi connectivity index (χ2v) is 4.54. The van der Waals surface area contributed by atoms with Gasteiger partial charge in [-0.2, -0.15) is 0 Å². The van der Waals surface area contributed by atoms with Gasteiger partial charge in [-0.25, -0.2) is 9.97 Å². The average molecular weight is 272 g/mol. The third-order valence-electron chi connectivity index (χ3n) is 2.48. The molecule has 0 aliphatic carbocycles. The number of nitrogens with zero attached hydrogens (tertiary/aromatic N) is 2. The molecule has 82 valence electrons. The summed E-state index contributed by atoms with van der Waals surface area (Å²) in [6.45, 7) is 2.68. The van der Waals surface area contributed by atoms with Crippen molar-refractivity contribution >= 4 is 21.7 Å². The highest BCUT2D eigenvalue weighted by Crippen LogP contribution is 2.19. The van der Waals surface area contributed by atoms with E-state index in [2.05, 4.69) is 31.2 Å². The predicted octanol–water partition coefficient (Wildman–Crippen LogP) is 2.08. The fraction of sp³-hybridized carbons (Fsp3) is 0.600. The molecule has 1 aromatic heterocycles. The Morgan fingerprint density at radius 3 is 3.27 bits per heavy atom. The molecule has 1 unspecified atom stereocenters. The fourth-order valence-electron chi connectivity index (χ4n) is 1.65. The summed E-state index contributed by atoms with van der Waals surface area (Å²) in [5, 5.41) is 3.30. The highest BCUT2D eigenvalue weighted by molar-refractivity contribution is 9.10. The number of anilines is 1. The molecule has 0 saturated carbocycles. The van der Waals surface area contributed by atoms with Gasteiger partial charge in [0.1, 0.15) is 12.1 Å². The topological polar surface area (TPSA) is 47.0 Å². The first kappa shape index (κ1) is 10.8. The van der Waals surface area contributed by atoms with Crippen molar-refractivity contribution in [2.24, 2.45) is 5.92 Å². The van der Waals surface area contributed by atoms with E-state index < -0.39 is 0 Å². The van der Waals surface area contributed by atoms with Crippen LogP contribution in [-0.4, -0.2) is 29.7 Å². The lowest BCUT2D eigenvalue weighted by molar-refractivity contribution is 0.0595. The van der Waals surface area contributed by atoms with Crippen molar-refractivity contribution in [3.63, 3.8) is 0 Å². The number of halogens is 1. The number of nitrogens with one attached hydrogen (secondary N) is 1. The molecule has 1 fully saturated rings. The predicted molar refractivity (Wildman–Crippen MR) is 61.8 cm³/mol. The molecule has 0 aromatic carbocycles. The van der Waals surface area contributed by atoms with Crippen molar-refractivity contribution in [2.75, 3.05) is 25.1 Å². The summed E-state index contributed by atoms with van der Waals surface area (Å²) in [5.41, 5.74) is 0. The van der Waals surface area contributed by atoms with E-state index in [0.29, 0.717) is 5.92 Å². The van der Waals surface area contributed by atoms with Gasteiger partial charge in [-0.3, -0.25) is 0 Å². The Labute approximate surface area is 97.6 Å². The van der Waals surface area contributed by atoms with E-state index in [1.807, 2.05) is 0 Å². The van der Waals surface area contributed by atoms with Crippen LogP contribution < -0.4 is 5.32 Å². The highest BCUT2D eigenvalue weighted by atomic mass is 79.9. The van der Waals surface area contributed by atoms with Gasteiger partial charge in [-0.05, 0) is 34.7 Å². The molecule has 1 saturated heterocycles. The first-order valence-corrected chi connectivity index (χ1v) is 5.92. The normalized spacial score (nSPS) is 21.3. The molecule has 4 nitrogen and oxygen atoms in total. The van der Waals surface area contributed by atoms with Gasteiger partial charge in [0.2, 0.25) is 0 Å². The Bertz CT molecular complexity index is 315. The summed E-state index contributed by atoms with van der Waals surface area (Å²) in [5.74, 6) is 1.45. The zero-order valence-electron chi connectivity index (χ0n) is 8.45. The van der Waals surface area contributed by atoms with Crippen molar-refractivity contribution < 1.29 is 4.74 Å². The largest absolute Gasteiger partial charge is 0.381 e. The van der Waals surface area contributed by atoms with Crippen molar-refractivity contribution in [1.29, 1.82) is 0 Å². The minimum absolute atomic E-state index is 0.598. The van der Waals surface area contributed by atoms with Crippen molar-refractivity contribution in [3.8, 4) is 0 Å². The number of hydrogen-bond acceptors (Lipinski definition) is 4. The van der Waals surface area contributed by atoms with E-state index in [1.54, 1.807) is 12.5 Å². The standard InChI is InChI=1S/C10H14BrN3O/c11-9-5-12-7-14-10(9)13-4-8-2-1-3-15-6-8/h5,7-8H,1-4,6H2,(H,12,13,14). The number of rotatable bonds is 3. The third kappa shape index (κ3) is 3.14. The van der Waals surface area contributed by atoms with Gasteiger partial charge in [-0.1, -0.05) is 0 Å². The molecule has 1 N–H and O–H groups in total. The fourth-order valence-corrected chi connectivity index (χ4v) is 2.01. The Hall–Kier alpha value is -0.680. The van der Waals surface area contributed by atoms with Crippen LogP contribution in [0.2, 0.25) is 0 Å². The van der Waals surface area contributed by atoms with Crippen LogP contribution in [0, 0.1) is 5.92 Å². The first-order valence-electron chi connectivity index (χ1n) is 5.13. The van der Waals surface area contributed by atoms with E-state index in [0.717, 1.165) is 36.5 Å². The monoisotopic (exact) mass is 271 g/mol. The number of aromatic nitrogens is 2. The summed E-state index contributed by atoms with van der Waals surface area (Å²) in [6.07, 6.45) is 5.68. The Morgan fingerprint density at radius 1 is 1.60 bits per heavy atom. The zero-order valence-corrected chi connectivity index (χ0v) is 10.0. The molecule has 0 radical (unpaired) electrons. The lowest BCUT2D eigenvalue weighted by Crippen LogP contribution is -2.24. The van der Waals surface area contributed by atoms with Crippen molar-refractivity contribution in [2.45, 2.75) is 12.8 Å². The summed E-state index contributed by atoms with van der Waals surface area (Å²) in [6, 6.07) is 0. The van der Waals surface area contributed by atoms with Gasteiger partial charge in [0.25, 0.3) is 0 Å². The SMILES string of the molecule is Brc1cncnc1NCC1CCCOC1. The van der Waals surface area contributed by atoms with E-state index in [4.69, 9.17) is 4.74 Å². The Kier molecular flexibility index (Phi) is 3.91. The molecule has 1 aliphatic rings. The van der Waals surface area contributed by atoms with E-state index >= 15 is 0 Å². The maximum Gasteiger partial charge on any atom is 0.143 e. The van der Waals surface area contributed by atoms with Gasteiger partial charge in [0.05, 0.1) is 11.1 Å². The highest BCUT2D eigenvalue weighted by Gasteiger charge is 2.13. The molecule has 15 heavy (non-hydrogen) atoms. The molecule has 2 heterocycles. The average Bonchev–Trinajstić information content (AvgIpc) is 2.29. The lowest BCUT2D eigenvalue weighted by atomic mass is 10.0. The molecule has 5 heteroatoms. The van der Waals surface area contributed by atoms with Gasteiger partial charge in [-0.15, -0.1) is 0 Å². The van der Waals surface area contributed by atoms with Gasteiger partial charge in [0, 0.05) is 19.3 Å². The molecule has 2 rings (SSSR count). The second kappa shape index (κ2) is 5.42. The molecular formula is C10H14BrN3O. The minimum Gasteiger partial charge on any atom is -0.381 e. The number of hydrogen-bond donors (Lipinski definition) is 1. The van der Waals surface area contributed by atoms with Crippen LogP contribution in [0.5, 0.6) is 0 Å². The summed E-state index contributed by atoms with van der Waals surface area (Å²) in [4.78, 5) is 8.07. The lowest BCUT2D eigenvalue weighted by Gasteiger charge is -2.22. The van der Waals surface area contributed by atoms with E-state index in [-0.39, 0.29) is 0 Å². The van der Waals surface area contributed by atoms with Gasteiger partial charge < -0.3 is 10.1 Å². The molecule has 0 amide bonds. The summed E-state index contributed by atoms with van der Waals surface area (Å²) >= 11 is 3.40. The van der Waals surface area contributed by atoms with Crippen LogP contribution in [0.4, 0.5) is 5.82 Å². The quantitative estimate of drug-likeness (QED) is 0.915. The van der Waals surface area contributed by atoms with Crippen LogP contribution in [-0.2, 0) is 4.74 Å². The molecule has 0 spiro atoms. The van der Waals surface area contributed by atoms with Crippen LogP contribution >= 0.6 is 15.9 Å². The summed E-state index contributed by atoms with van der Waals surface area (Å²) in [7, 11) is 0. The van der Waals surface area contributed by atoms with Crippen LogP contribution in [0.25, 0.3) is 0 Å². The van der Waals surface area contributed by atoms with Crippen molar-refractivity contribution in [1.82, 2.24) is 9.97 Å². The smallest absolute Gasteiger partial charge is 0.143 e. The first-order chi connectivity index (χ1) is 7.36. The molecule has 0 bridgehead atoms. The molecule has 1 aromatic rings. The zero-order chi connectivity index (χ0) is 10.5. The van der Waals surface area contributed by atoms with Gasteiger partial charge in [0.15, 0.2) is 0 Å². The van der Waals surface area contributed by atoms with E-state index in [1.165, 1.54) is 6.42 Å². The molecular weight excluding hydrogens is 258 g/mol. The van der Waals surface area contributed by atoms with Crippen molar-refractivity contribution in [3.05, 3.63) is 17.0 Å². The maximum absolute atomic E-state index is 5.42. The Morgan fingerprint density at radius 2 is 2.53 bits per heavy atom. The minimum atomic E-state index is 0.598. The third-order valence-corrected chi connectivity index (χ3v) is 3.06. The van der Waals surface area contributed by atoms with Crippen LogP contribution in [0.1, 0.15) is 12.8 Å². The Balaban J connectivity index is 1.84. The van der Waals surface area contributed by atoms with Gasteiger partial charge >= 0.3 is 0 Å². The van der Waals surface area contributed by atoms with E-state index in [9.17, 15) is 0 Å². The van der Waals surface area contributed by atoms with Crippen LogP contribution in [0.15, 0.2) is 17.0 Å².